The Labute approximate surface area is 143 Å². The molecule has 0 unspecified atom stereocenters. The smallest absolute Gasteiger partial charge is 0.302 e. The van der Waals surface area contributed by atoms with Crippen molar-refractivity contribution in [1.82, 2.24) is 13.9 Å². The highest BCUT2D eigenvalue weighted by Crippen LogP contribution is 2.36. The monoisotopic (exact) mass is 367 g/mol. The van der Waals surface area contributed by atoms with Crippen molar-refractivity contribution in [2.75, 3.05) is 5.75 Å². The number of thioether (sulfide) groups is 1. The quantitative estimate of drug-likeness (QED) is 0.858. The zero-order chi connectivity index (χ0) is 17.5. The van der Waals surface area contributed by atoms with Crippen LogP contribution in [0.4, 0.5) is 0 Å². The average molecular weight is 367 g/mol. The minimum Gasteiger partial charge on any atom is -0.302 e. The van der Waals surface area contributed by atoms with Crippen LogP contribution < -0.4 is 16.0 Å². The Balaban J connectivity index is 2.03. The van der Waals surface area contributed by atoms with E-state index in [-0.39, 0.29) is 0 Å². The van der Waals surface area contributed by atoms with E-state index in [0.717, 1.165) is 31.5 Å². The number of benzene rings is 1. The molecule has 2 aromatic rings. The fraction of sp³-hybridized carbons (Fsp3) is 0.333. The highest BCUT2D eigenvalue weighted by Gasteiger charge is 2.28. The van der Waals surface area contributed by atoms with Gasteiger partial charge >= 0.3 is 5.69 Å². The first-order chi connectivity index (χ1) is 11.3. The number of rotatable bonds is 3. The van der Waals surface area contributed by atoms with Crippen LogP contribution in [-0.4, -0.2) is 23.3 Å². The molecule has 1 N–H and O–H groups in total. The van der Waals surface area contributed by atoms with Gasteiger partial charge in [-0.25, -0.2) is 17.9 Å². The number of hydrogen-bond donors (Lipinski definition) is 1. The van der Waals surface area contributed by atoms with E-state index in [1.165, 1.54) is 14.1 Å². The van der Waals surface area contributed by atoms with E-state index in [4.69, 9.17) is 0 Å². The summed E-state index contributed by atoms with van der Waals surface area (Å²) in [6.45, 7) is 0. The molecule has 9 heteroatoms. The molecule has 1 aromatic carbocycles. The van der Waals surface area contributed by atoms with Crippen molar-refractivity contribution in [2.45, 2.75) is 22.3 Å². The van der Waals surface area contributed by atoms with E-state index in [1.54, 1.807) is 11.8 Å². The molecule has 1 atom stereocenters. The summed E-state index contributed by atoms with van der Waals surface area (Å²) >= 11 is 1.68. The van der Waals surface area contributed by atoms with Crippen molar-refractivity contribution in [3.05, 3.63) is 56.9 Å². The predicted molar refractivity (Wildman–Crippen MR) is 91.8 cm³/mol. The molecule has 0 radical (unpaired) electrons. The number of nitrogens with one attached hydrogen (secondary N) is 1. The number of aromatic nitrogens is 2. The van der Waals surface area contributed by atoms with Gasteiger partial charge in [0.05, 0.1) is 0 Å². The van der Waals surface area contributed by atoms with Crippen molar-refractivity contribution in [3.63, 3.8) is 0 Å². The molecule has 0 saturated carbocycles. The second kappa shape index (κ2) is 6.23. The fourth-order valence-electron chi connectivity index (χ4n) is 2.67. The summed E-state index contributed by atoms with van der Waals surface area (Å²) in [6.07, 6.45) is 1.70. The first-order valence-corrected chi connectivity index (χ1v) is 9.79. The number of fused-ring (bicyclic) bond motifs is 1. The van der Waals surface area contributed by atoms with Crippen LogP contribution in [0.3, 0.4) is 0 Å². The van der Waals surface area contributed by atoms with Gasteiger partial charge in [-0.3, -0.25) is 9.36 Å². The lowest BCUT2D eigenvalue weighted by molar-refractivity contribution is 0.539. The third kappa shape index (κ3) is 2.94. The second-order valence-electron chi connectivity index (χ2n) is 5.60. The maximum Gasteiger partial charge on any atom is 0.330 e. The van der Waals surface area contributed by atoms with Crippen LogP contribution in [0.2, 0.25) is 0 Å². The molecule has 0 amide bonds. The lowest BCUT2D eigenvalue weighted by Gasteiger charge is -2.25. The van der Waals surface area contributed by atoms with Crippen LogP contribution in [0.5, 0.6) is 0 Å². The fourth-order valence-corrected chi connectivity index (χ4v) is 5.21. The molecule has 2 heterocycles. The van der Waals surface area contributed by atoms with E-state index in [9.17, 15) is 18.0 Å². The minimum atomic E-state index is -4.05. The van der Waals surface area contributed by atoms with Gasteiger partial charge in [-0.1, -0.05) is 18.2 Å². The van der Waals surface area contributed by atoms with E-state index in [1.807, 2.05) is 24.3 Å². The summed E-state index contributed by atoms with van der Waals surface area (Å²) in [4.78, 5) is 24.5. The topological polar surface area (TPSA) is 90.2 Å². The summed E-state index contributed by atoms with van der Waals surface area (Å²) in [6, 6.07) is 7.21. The zero-order valence-corrected chi connectivity index (χ0v) is 14.9. The molecule has 0 fully saturated rings. The molecule has 0 aliphatic carbocycles. The molecule has 0 bridgehead atoms. The van der Waals surface area contributed by atoms with Gasteiger partial charge in [-0.05, 0) is 23.8 Å². The first-order valence-electron chi connectivity index (χ1n) is 7.32. The van der Waals surface area contributed by atoms with Gasteiger partial charge in [0, 0.05) is 31.2 Å². The standard InChI is InChI=1S/C15H17N3O4S2/c1-17-9-13(14(19)18(2)15(17)20)24(21,22)16-11-7-8-23-12-6-4-3-5-10(11)12/h3-6,9,11,16H,7-8H2,1-2H3/t11-/m0/s1. The third-order valence-corrected chi connectivity index (χ3v) is 6.54. The predicted octanol–water partition coefficient (Wildman–Crippen LogP) is 0.599. The number of aryl methyl sites for hydroxylation is 1. The second-order valence-corrected chi connectivity index (χ2v) is 8.42. The molecular weight excluding hydrogens is 350 g/mol. The summed E-state index contributed by atoms with van der Waals surface area (Å²) in [7, 11) is -1.38. The lowest BCUT2D eigenvalue weighted by Crippen LogP contribution is -2.42. The third-order valence-electron chi connectivity index (χ3n) is 3.96. The SMILES string of the molecule is Cn1cc(S(=O)(=O)N[C@H]2CCSc3ccccc32)c(=O)n(C)c1=O. The summed E-state index contributed by atoms with van der Waals surface area (Å²) in [5.74, 6) is 0.787. The van der Waals surface area contributed by atoms with E-state index < -0.39 is 32.2 Å². The molecule has 1 aliphatic heterocycles. The maximum atomic E-state index is 12.7. The Hall–Kier alpha value is -1.84. The summed E-state index contributed by atoms with van der Waals surface area (Å²) < 4.78 is 29.9. The molecule has 24 heavy (non-hydrogen) atoms. The largest absolute Gasteiger partial charge is 0.330 e. The maximum absolute atomic E-state index is 12.7. The number of nitrogens with zero attached hydrogens (tertiary/aromatic N) is 2. The Kier molecular flexibility index (Phi) is 4.41. The van der Waals surface area contributed by atoms with Gasteiger partial charge in [-0.2, -0.15) is 0 Å². The van der Waals surface area contributed by atoms with Gasteiger partial charge < -0.3 is 4.57 Å². The number of hydrogen-bond acceptors (Lipinski definition) is 5. The van der Waals surface area contributed by atoms with Crippen LogP contribution in [0.1, 0.15) is 18.0 Å². The van der Waals surface area contributed by atoms with E-state index >= 15 is 0 Å². The molecule has 3 rings (SSSR count). The van der Waals surface area contributed by atoms with Crippen molar-refractivity contribution >= 4 is 21.8 Å². The van der Waals surface area contributed by atoms with Crippen LogP contribution >= 0.6 is 11.8 Å². The van der Waals surface area contributed by atoms with Crippen molar-refractivity contribution in [3.8, 4) is 0 Å². The molecule has 0 saturated heterocycles. The van der Waals surface area contributed by atoms with Crippen LogP contribution in [0, 0.1) is 0 Å². The van der Waals surface area contributed by atoms with Gasteiger partial charge in [0.15, 0.2) is 4.90 Å². The van der Waals surface area contributed by atoms with Gasteiger partial charge in [-0.15, -0.1) is 11.8 Å². The molecule has 1 aromatic heterocycles. The van der Waals surface area contributed by atoms with Crippen LogP contribution in [0.15, 0.2) is 49.8 Å². The van der Waals surface area contributed by atoms with Crippen LogP contribution in [-0.2, 0) is 24.1 Å². The van der Waals surface area contributed by atoms with Crippen LogP contribution in [0.25, 0.3) is 0 Å². The Morgan fingerprint density at radius 2 is 1.92 bits per heavy atom. The first kappa shape index (κ1) is 17.0. The molecule has 128 valence electrons. The van der Waals surface area contributed by atoms with Crippen molar-refractivity contribution < 1.29 is 8.42 Å². The summed E-state index contributed by atoms with van der Waals surface area (Å²) in [5, 5.41) is 0. The highest BCUT2D eigenvalue weighted by molar-refractivity contribution is 7.99. The highest BCUT2D eigenvalue weighted by atomic mass is 32.2. The van der Waals surface area contributed by atoms with Crippen molar-refractivity contribution in [1.29, 1.82) is 0 Å². The van der Waals surface area contributed by atoms with E-state index in [2.05, 4.69) is 4.72 Å². The normalized spacial score (nSPS) is 17.5. The number of sulfonamides is 1. The molecule has 1 aliphatic rings. The van der Waals surface area contributed by atoms with E-state index in [0.29, 0.717) is 6.42 Å². The Morgan fingerprint density at radius 1 is 1.21 bits per heavy atom. The molecule has 0 spiro atoms. The minimum absolute atomic E-state index is 0.394. The lowest BCUT2D eigenvalue weighted by atomic mass is 10.1. The Morgan fingerprint density at radius 3 is 2.67 bits per heavy atom. The van der Waals surface area contributed by atoms with Gasteiger partial charge in [0.2, 0.25) is 10.0 Å². The summed E-state index contributed by atoms with van der Waals surface area (Å²) in [5.41, 5.74) is -0.499. The average Bonchev–Trinajstić information content (AvgIpc) is 2.56. The van der Waals surface area contributed by atoms with Crippen molar-refractivity contribution in [2.24, 2.45) is 14.1 Å². The zero-order valence-electron chi connectivity index (χ0n) is 13.2. The molecular formula is C15H17N3O4S2. The Bertz CT molecular complexity index is 1010. The molecule has 7 nitrogen and oxygen atoms in total. The van der Waals surface area contributed by atoms with Gasteiger partial charge in [0.25, 0.3) is 5.56 Å². The van der Waals surface area contributed by atoms with Gasteiger partial charge in [0.1, 0.15) is 0 Å².